The minimum absolute atomic E-state index is 0.0787. The highest BCUT2D eigenvalue weighted by atomic mass is 127. The van der Waals surface area contributed by atoms with Gasteiger partial charge in [0.2, 0.25) is 5.91 Å². The lowest BCUT2D eigenvalue weighted by molar-refractivity contribution is -0.117. The van der Waals surface area contributed by atoms with Crippen LogP contribution in [-0.2, 0) is 4.79 Å². The van der Waals surface area contributed by atoms with Crippen LogP contribution in [0.25, 0.3) is 0 Å². The van der Waals surface area contributed by atoms with Crippen molar-refractivity contribution >= 4 is 79.4 Å². The third-order valence-electron chi connectivity index (χ3n) is 3.56. The number of hydrogen-bond donors (Lipinski definition) is 2. The highest BCUT2D eigenvalue weighted by Crippen LogP contribution is 2.27. The van der Waals surface area contributed by atoms with Crippen molar-refractivity contribution in [2.45, 2.75) is 18.9 Å². The summed E-state index contributed by atoms with van der Waals surface area (Å²) in [7, 11) is 1.97. The van der Waals surface area contributed by atoms with Crippen molar-refractivity contribution in [3.63, 3.8) is 0 Å². The van der Waals surface area contributed by atoms with E-state index in [1.807, 2.05) is 7.05 Å². The number of rotatable bonds is 5. The molecule has 1 saturated heterocycles. The Bertz CT molecular complexity index is 501. The van der Waals surface area contributed by atoms with Crippen molar-refractivity contribution in [2.75, 3.05) is 32.0 Å². The van der Waals surface area contributed by atoms with Gasteiger partial charge in [0, 0.05) is 23.3 Å². The van der Waals surface area contributed by atoms with Crippen molar-refractivity contribution in [1.82, 2.24) is 10.2 Å². The Morgan fingerprint density at radius 1 is 1.33 bits per heavy atom. The van der Waals surface area contributed by atoms with Crippen LogP contribution in [0.5, 0.6) is 0 Å². The van der Waals surface area contributed by atoms with Crippen LogP contribution in [-0.4, -0.2) is 43.5 Å². The van der Waals surface area contributed by atoms with E-state index >= 15 is 0 Å². The molecule has 0 aromatic heterocycles. The van der Waals surface area contributed by atoms with Crippen LogP contribution in [0.15, 0.2) is 12.1 Å². The molecule has 0 aliphatic carbocycles. The van der Waals surface area contributed by atoms with Gasteiger partial charge in [0.25, 0.3) is 0 Å². The number of nitrogens with one attached hydrogen (secondary N) is 2. The van der Waals surface area contributed by atoms with Crippen molar-refractivity contribution in [3.8, 4) is 0 Å². The van der Waals surface area contributed by atoms with Gasteiger partial charge < -0.3 is 10.6 Å². The molecular formula is C14H18I3N3O. The van der Waals surface area contributed by atoms with Crippen molar-refractivity contribution in [3.05, 3.63) is 22.8 Å². The Balaban J connectivity index is 1.99. The van der Waals surface area contributed by atoms with Gasteiger partial charge in [-0.3, -0.25) is 9.69 Å². The Labute approximate surface area is 166 Å². The van der Waals surface area contributed by atoms with Crippen LogP contribution < -0.4 is 10.6 Å². The summed E-state index contributed by atoms with van der Waals surface area (Å²) in [5.41, 5.74) is 0.936. The molecule has 1 atom stereocenters. The molecule has 1 aromatic rings. The normalized spacial score (nSPS) is 19.0. The van der Waals surface area contributed by atoms with Gasteiger partial charge in [-0.1, -0.05) is 0 Å². The molecule has 2 rings (SSSR count). The van der Waals surface area contributed by atoms with Gasteiger partial charge in [-0.2, -0.15) is 0 Å². The van der Waals surface area contributed by atoms with E-state index in [0.717, 1.165) is 25.9 Å². The molecule has 1 fully saturated rings. The number of hydrogen-bond acceptors (Lipinski definition) is 3. The zero-order chi connectivity index (χ0) is 15.4. The Kier molecular flexibility index (Phi) is 7.43. The molecule has 1 aliphatic heterocycles. The number of benzene rings is 1. The van der Waals surface area contributed by atoms with Gasteiger partial charge in [0.15, 0.2) is 0 Å². The Morgan fingerprint density at radius 3 is 2.62 bits per heavy atom. The minimum Gasteiger partial charge on any atom is -0.323 e. The molecule has 2 N–H and O–H groups in total. The van der Waals surface area contributed by atoms with Crippen LogP contribution in [0, 0.1) is 10.7 Å². The number of likely N-dealkylation sites (N-methyl/N-ethyl adjacent to an activating group) is 1. The predicted molar refractivity (Wildman–Crippen MR) is 112 cm³/mol. The van der Waals surface area contributed by atoms with Gasteiger partial charge in [-0.15, -0.1) is 0 Å². The molecule has 21 heavy (non-hydrogen) atoms. The van der Waals surface area contributed by atoms with E-state index < -0.39 is 0 Å². The lowest BCUT2D eigenvalue weighted by atomic mass is 10.2. The number of nitrogens with zero attached hydrogens (tertiary/aromatic N) is 1. The fourth-order valence-electron chi connectivity index (χ4n) is 2.60. The maximum Gasteiger partial charge on any atom is 0.238 e. The average Bonchev–Trinajstić information content (AvgIpc) is 2.82. The van der Waals surface area contributed by atoms with Crippen molar-refractivity contribution < 1.29 is 4.79 Å². The lowest BCUT2D eigenvalue weighted by Crippen LogP contribution is -2.41. The second kappa shape index (κ2) is 8.60. The average molecular weight is 625 g/mol. The molecule has 7 heteroatoms. The number of halogens is 3. The van der Waals surface area contributed by atoms with Crippen molar-refractivity contribution in [2.24, 2.45) is 0 Å². The van der Waals surface area contributed by atoms with E-state index in [1.54, 1.807) is 0 Å². The summed E-state index contributed by atoms with van der Waals surface area (Å²) < 4.78 is 3.36. The molecule has 1 unspecified atom stereocenters. The molecule has 1 aliphatic rings. The van der Waals surface area contributed by atoms with Crippen LogP contribution in [0.3, 0.4) is 0 Å². The number of amides is 1. The molecule has 0 saturated carbocycles. The fourth-order valence-corrected chi connectivity index (χ4v) is 6.45. The summed E-state index contributed by atoms with van der Waals surface area (Å²) in [5, 5.41) is 6.29. The molecule has 1 heterocycles. The first-order chi connectivity index (χ1) is 10.0. The molecule has 1 amide bonds. The lowest BCUT2D eigenvalue weighted by Gasteiger charge is -2.23. The number of carbonyl (C=O) groups excluding carboxylic acids is 1. The largest absolute Gasteiger partial charge is 0.323 e. The second-order valence-electron chi connectivity index (χ2n) is 5.12. The van der Waals surface area contributed by atoms with Crippen LogP contribution in [0.1, 0.15) is 12.8 Å². The van der Waals surface area contributed by atoms with Crippen LogP contribution in [0.4, 0.5) is 5.69 Å². The topological polar surface area (TPSA) is 44.4 Å². The predicted octanol–water partition coefficient (Wildman–Crippen LogP) is 3.12. The number of carbonyl (C=O) groups is 1. The summed E-state index contributed by atoms with van der Waals surface area (Å²) in [6, 6.07) is 4.65. The summed E-state index contributed by atoms with van der Waals surface area (Å²) in [6.45, 7) is 2.44. The molecule has 1 aromatic carbocycles. The Morgan fingerprint density at radius 2 is 2.00 bits per heavy atom. The van der Waals surface area contributed by atoms with Gasteiger partial charge >= 0.3 is 0 Å². The van der Waals surface area contributed by atoms with Gasteiger partial charge in [0.1, 0.15) is 0 Å². The zero-order valence-electron chi connectivity index (χ0n) is 11.8. The zero-order valence-corrected chi connectivity index (χ0v) is 18.2. The first-order valence-corrected chi connectivity index (χ1v) is 10.1. The molecule has 116 valence electrons. The third-order valence-corrected chi connectivity index (χ3v) is 5.88. The maximum atomic E-state index is 12.3. The first kappa shape index (κ1) is 18.1. The quantitative estimate of drug-likeness (QED) is 0.495. The summed E-state index contributed by atoms with van der Waals surface area (Å²) >= 11 is 6.85. The third kappa shape index (κ3) is 5.15. The molecule has 4 nitrogen and oxygen atoms in total. The van der Waals surface area contributed by atoms with E-state index in [0.29, 0.717) is 12.6 Å². The molecule has 0 bridgehead atoms. The highest BCUT2D eigenvalue weighted by molar-refractivity contribution is 14.1. The summed E-state index contributed by atoms with van der Waals surface area (Å²) in [5.74, 6) is 0.0787. The Hall–Kier alpha value is 0.800. The minimum atomic E-state index is 0.0787. The molecule has 0 spiro atoms. The van der Waals surface area contributed by atoms with E-state index in [-0.39, 0.29) is 5.91 Å². The standard InChI is InChI=1S/C14H18I3N3O/c1-18-7-10-3-2-4-20(10)8-13(21)19-14-11(16)5-9(15)6-12(14)17/h5-6,10,18H,2-4,7-8H2,1H3,(H,19,21). The van der Waals surface area contributed by atoms with Crippen molar-refractivity contribution in [1.29, 1.82) is 0 Å². The number of anilines is 1. The SMILES string of the molecule is CNCC1CCCN1CC(=O)Nc1c(I)cc(I)cc1I. The van der Waals surface area contributed by atoms with Crippen LogP contribution in [0.2, 0.25) is 0 Å². The smallest absolute Gasteiger partial charge is 0.238 e. The summed E-state index contributed by atoms with van der Waals surface area (Å²) in [6.07, 6.45) is 2.35. The van der Waals surface area contributed by atoms with E-state index in [9.17, 15) is 4.79 Å². The summed E-state index contributed by atoms with van der Waals surface area (Å²) in [4.78, 5) is 14.6. The van der Waals surface area contributed by atoms with E-state index in [1.165, 1.54) is 16.4 Å². The maximum absolute atomic E-state index is 12.3. The van der Waals surface area contributed by atoms with Gasteiger partial charge in [-0.05, 0) is 106 Å². The van der Waals surface area contributed by atoms with Crippen LogP contribution >= 0.6 is 67.8 Å². The van der Waals surface area contributed by atoms with E-state index in [4.69, 9.17) is 0 Å². The van der Waals surface area contributed by atoms with Gasteiger partial charge in [-0.25, -0.2) is 0 Å². The molecule has 0 radical (unpaired) electrons. The second-order valence-corrected chi connectivity index (χ2v) is 8.69. The fraction of sp³-hybridized carbons (Fsp3) is 0.500. The monoisotopic (exact) mass is 625 g/mol. The van der Waals surface area contributed by atoms with Gasteiger partial charge in [0.05, 0.1) is 12.2 Å². The highest BCUT2D eigenvalue weighted by Gasteiger charge is 2.25. The number of likely N-dealkylation sites (tertiary alicyclic amines) is 1. The molecular weight excluding hydrogens is 607 g/mol. The first-order valence-electron chi connectivity index (χ1n) is 6.84. The van der Waals surface area contributed by atoms with E-state index in [2.05, 4.69) is 95.4 Å².